The van der Waals surface area contributed by atoms with Gasteiger partial charge in [0.15, 0.2) is 0 Å². The van der Waals surface area contributed by atoms with E-state index >= 15 is 0 Å². The standard InChI is InChI=1S/C12H24N2/c1-10(11-7-13-8-11)6-14-9-12(2)4-3-5-12/h10-11,13-14H,3-9H2,1-2H3. The van der Waals surface area contributed by atoms with Gasteiger partial charge in [0.05, 0.1) is 0 Å². The van der Waals surface area contributed by atoms with E-state index in [1.807, 2.05) is 0 Å². The zero-order valence-electron chi connectivity index (χ0n) is 9.60. The monoisotopic (exact) mass is 196 g/mol. The van der Waals surface area contributed by atoms with Crippen LogP contribution in [0.4, 0.5) is 0 Å². The first-order valence-electron chi connectivity index (χ1n) is 6.11. The average molecular weight is 196 g/mol. The van der Waals surface area contributed by atoms with Crippen molar-refractivity contribution >= 4 is 0 Å². The third kappa shape index (κ3) is 2.29. The van der Waals surface area contributed by atoms with Crippen molar-refractivity contribution in [3.63, 3.8) is 0 Å². The minimum Gasteiger partial charge on any atom is -0.316 e. The quantitative estimate of drug-likeness (QED) is 0.698. The summed E-state index contributed by atoms with van der Waals surface area (Å²) in [5.41, 5.74) is 0.636. The number of rotatable bonds is 5. The maximum absolute atomic E-state index is 3.65. The Balaban J connectivity index is 1.57. The lowest BCUT2D eigenvalue weighted by Crippen LogP contribution is -2.48. The minimum atomic E-state index is 0.636. The highest BCUT2D eigenvalue weighted by Crippen LogP contribution is 2.39. The molecule has 14 heavy (non-hydrogen) atoms. The third-order valence-corrected chi connectivity index (χ3v) is 4.20. The molecule has 2 heteroatoms. The second kappa shape index (κ2) is 4.19. The molecule has 0 bridgehead atoms. The molecule has 2 rings (SSSR count). The molecule has 1 saturated heterocycles. The van der Waals surface area contributed by atoms with Crippen molar-refractivity contribution in [1.29, 1.82) is 0 Å². The van der Waals surface area contributed by atoms with Gasteiger partial charge in [-0.25, -0.2) is 0 Å². The van der Waals surface area contributed by atoms with E-state index in [0.29, 0.717) is 5.41 Å². The molecule has 2 nitrogen and oxygen atoms in total. The summed E-state index contributed by atoms with van der Waals surface area (Å²) in [5, 5.41) is 6.99. The van der Waals surface area contributed by atoms with Crippen molar-refractivity contribution in [2.75, 3.05) is 26.2 Å². The third-order valence-electron chi connectivity index (χ3n) is 4.20. The van der Waals surface area contributed by atoms with Crippen molar-refractivity contribution in [1.82, 2.24) is 10.6 Å². The van der Waals surface area contributed by atoms with Gasteiger partial charge in [0.25, 0.3) is 0 Å². The van der Waals surface area contributed by atoms with Crippen LogP contribution in [0.2, 0.25) is 0 Å². The van der Waals surface area contributed by atoms with Crippen LogP contribution >= 0.6 is 0 Å². The molecule has 2 N–H and O–H groups in total. The molecule has 1 aliphatic carbocycles. The molecule has 0 radical (unpaired) electrons. The van der Waals surface area contributed by atoms with E-state index in [4.69, 9.17) is 0 Å². The molecule has 0 amide bonds. The van der Waals surface area contributed by atoms with Crippen molar-refractivity contribution in [3.05, 3.63) is 0 Å². The normalized spacial score (nSPS) is 27.9. The fourth-order valence-corrected chi connectivity index (χ4v) is 2.44. The van der Waals surface area contributed by atoms with Crippen LogP contribution in [-0.4, -0.2) is 26.2 Å². The van der Waals surface area contributed by atoms with Gasteiger partial charge in [0.2, 0.25) is 0 Å². The highest BCUT2D eigenvalue weighted by atomic mass is 15.0. The SMILES string of the molecule is CC(CNCC1(C)CCC1)C1CNC1. The summed E-state index contributed by atoms with van der Waals surface area (Å²) in [5.74, 6) is 1.77. The van der Waals surface area contributed by atoms with Crippen LogP contribution in [0.25, 0.3) is 0 Å². The summed E-state index contributed by atoms with van der Waals surface area (Å²) in [4.78, 5) is 0. The molecule has 1 saturated carbocycles. The summed E-state index contributed by atoms with van der Waals surface area (Å²) in [7, 11) is 0. The first kappa shape index (κ1) is 10.4. The lowest BCUT2D eigenvalue weighted by atomic mass is 9.70. The first-order chi connectivity index (χ1) is 6.70. The minimum absolute atomic E-state index is 0.636. The molecule has 1 unspecified atom stereocenters. The molecule has 0 aromatic rings. The van der Waals surface area contributed by atoms with Gasteiger partial charge in [-0.05, 0) is 49.7 Å². The highest BCUT2D eigenvalue weighted by Gasteiger charge is 2.31. The first-order valence-corrected chi connectivity index (χ1v) is 6.11. The van der Waals surface area contributed by atoms with E-state index in [9.17, 15) is 0 Å². The summed E-state index contributed by atoms with van der Waals surface area (Å²) in [6.07, 6.45) is 4.30. The largest absolute Gasteiger partial charge is 0.316 e. The van der Waals surface area contributed by atoms with E-state index in [1.165, 1.54) is 45.4 Å². The Labute approximate surface area is 87.8 Å². The Morgan fingerprint density at radius 1 is 1.43 bits per heavy atom. The van der Waals surface area contributed by atoms with Crippen LogP contribution in [0, 0.1) is 17.3 Å². The van der Waals surface area contributed by atoms with Crippen LogP contribution in [0.15, 0.2) is 0 Å². The van der Waals surface area contributed by atoms with Crippen LogP contribution < -0.4 is 10.6 Å². The van der Waals surface area contributed by atoms with Crippen LogP contribution in [0.3, 0.4) is 0 Å². The zero-order chi connectivity index (χ0) is 10.0. The van der Waals surface area contributed by atoms with Crippen LogP contribution in [0.5, 0.6) is 0 Å². The maximum Gasteiger partial charge on any atom is 0.000528 e. The fraction of sp³-hybridized carbons (Fsp3) is 1.00. The Bertz CT molecular complexity index is 183. The molecule has 82 valence electrons. The molecular weight excluding hydrogens is 172 g/mol. The molecular formula is C12H24N2. The van der Waals surface area contributed by atoms with E-state index in [-0.39, 0.29) is 0 Å². The van der Waals surface area contributed by atoms with Gasteiger partial charge in [-0.2, -0.15) is 0 Å². The zero-order valence-corrected chi connectivity index (χ0v) is 9.60. The van der Waals surface area contributed by atoms with Crippen molar-refractivity contribution in [2.24, 2.45) is 17.3 Å². The smallest absolute Gasteiger partial charge is 0.000528 e. The predicted molar refractivity (Wildman–Crippen MR) is 60.4 cm³/mol. The molecule has 2 fully saturated rings. The second-order valence-electron chi connectivity index (χ2n) is 5.69. The van der Waals surface area contributed by atoms with Gasteiger partial charge < -0.3 is 10.6 Å². The Kier molecular flexibility index (Phi) is 3.13. The number of nitrogens with one attached hydrogen (secondary N) is 2. The Hall–Kier alpha value is -0.0800. The van der Waals surface area contributed by atoms with Gasteiger partial charge in [0, 0.05) is 6.54 Å². The molecule has 2 aliphatic rings. The molecule has 1 aliphatic heterocycles. The Morgan fingerprint density at radius 2 is 2.14 bits per heavy atom. The fourth-order valence-electron chi connectivity index (χ4n) is 2.44. The van der Waals surface area contributed by atoms with Gasteiger partial charge in [-0.15, -0.1) is 0 Å². The van der Waals surface area contributed by atoms with Gasteiger partial charge >= 0.3 is 0 Å². The summed E-state index contributed by atoms with van der Waals surface area (Å²) < 4.78 is 0. The summed E-state index contributed by atoms with van der Waals surface area (Å²) in [6, 6.07) is 0. The highest BCUT2D eigenvalue weighted by molar-refractivity contribution is 4.86. The average Bonchev–Trinajstić information content (AvgIpc) is 1.98. The van der Waals surface area contributed by atoms with Crippen molar-refractivity contribution < 1.29 is 0 Å². The van der Waals surface area contributed by atoms with E-state index in [2.05, 4.69) is 24.5 Å². The number of hydrogen-bond acceptors (Lipinski definition) is 2. The lowest BCUT2D eigenvalue weighted by Gasteiger charge is -2.39. The number of hydrogen-bond donors (Lipinski definition) is 2. The maximum atomic E-state index is 3.65. The second-order valence-corrected chi connectivity index (χ2v) is 5.69. The van der Waals surface area contributed by atoms with E-state index in [1.54, 1.807) is 0 Å². The summed E-state index contributed by atoms with van der Waals surface area (Å²) >= 11 is 0. The van der Waals surface area contributed by atoms with E-state index < -0.39 is 0 Å². The van der Waals surface area contributed by atoms with Crippen LogP contribution in [-0.2, 0) is 0 Å². The molecule has 0 aromatic carbocycles. The van der Waals surface area contributed by atoms with Gasteiger partial charge in [0.1, 0.15) is 0 Å². The predicted octanol–water partition coefficient (Wildman–Crippen LogP) is 1.62. The lowest BCUT2D eigenvalue weighted by molar-refractivity contribution is 0.149. The topological polar surface area (TPSA) is 24.1 Å². The molecule has 0 spiro atoms. The Morgan fingerprint density at radius 3 is 2.57 bits per heavy atom. The van der Waals surface area contributed by atoms with Gasteiger partial charge in [-0.1, -0.05) is 20.3 Å². The molecule has 0 aromatic heterocycles. The van der Waals surface area contributed by atoms with E-state index in [0.717, 1.165) is 11.8 Å². The summed E-state index contributed by atoms with van der Waals surface area (Å²) in [6.45, 7) is 9.71. The van der Waals surface area contributed by atoms with Crippen molar-refractivity contribution in [2.45, 2.75) is 33.1 Å². The van der Waals surface area contributed by atoms with Crippen LogP contribution in [0.1, 0.15) is 33.1 Å². The van der Waals surface area contributed by atoms with Gasteiger partial charge in [-0.3, -0.25) is 0 Å². The van der Waals surface area contributed by atoms with Crippen molar-refractivity contribution in [3.8, 4) is 0 Å². The molecule has 1 atom stereocenters. The molecule has 1 heterocycles.